The average Bonchev–Trinajstić information content (AvgIpc) is 2.98. The van der Waals surface area contributed by atoms with E-state index in [2.05, 4.69) is 5.10 Å². The van der Waals surface area contributed by atoms with Crippen LogP contribution < -0.4 is 0 Å². The summed E-state index contributed by atoms with van der Waals surface area (Å²) in [5.74, 6) is -0.450. The number of ether oxygens (including phenoxy) is 1. The van der Waals surface area contributed by atoms with Gasteiger partial charge in [0.2, 0.25) is 0 Å². The number of carbonyl (C=O) groups excluding carboxylic acids is 1. The molecule has 0 saturated carbocycles. The van der Waals surface area contributed by atoms with Crippen molar-refractivity contribution < 1.29 is 41.0 Å². The summed E-state index contributed by atoms with van der Waals surface area (Å²) in [4.78, 5) is 11.5. The minimum Gasteiger partial charge on any atom is -0.466 e. The van der Waals surface area contributed by atoms with Crippen molar-refractivity contribution in [1.29, 1.82) is 0 Å². The van der Waals surface area contributed by atoms with Gasteiger partial charge in [-0.15, -0.1) is 0 Å². The van der Waals surface area contributed by atoms with Gasteiger partial charge < -0.3 is 9.84 Å². The third kappa shape index (κ3) is 4.55. The highest BCUT2D eigenvalue weighted by Crippen LogP contribution is 2.50. The molecule has 0 fully saturated rings. The van der Waals surface area contributed by atoms with E-state index >= 15 is 0 Å². The Labute approximate surface area is 161 Å². The molecule has 0 saturated heterocycles. The normalized spacial score (nSPS) is 12.9. The van der Waals surface area contributed by atoms with Gasteiger partial charge in [0.1, 0.15) is 0 Å². The molecule has 1 aromatic heterocycles. The molecule has 1 aromatic carbocycles. The molecular weight excluding hydrogens is 406 g/mol. The molecule has 5 nitrogen and oxygen atoms in total. The number of carbonyl (C=O) groups is 1. The van der Waals surface area contributed by atoms with Crippen molar-refractivity contribution in [3.63, 3.8) is 0 Å². The first-order valence-corrected chi connectivity index (χ1v) is 8.49. The molecule has 0 aliphatic rings. The number of aryl methyl sites for hydroxylation is 2. The monoisotopic (exact) mass is 424 g/mol. The molecule has 0 aliphatic heterocycles. The third-order valence-corrected chi connectivity index (χ3v) is 4.15. The van der Waals surface area contributed by atoms with Crippen LogP contribution in [0.1, 0.15) is 30.3 Å². The van der Waals surface area contributed by atoms with E-state index in [1.807, 2.05) is 0 Å². The predicted molar refractivity (Wildman–Crippen MR) is 89.3 cm³/mol. The zero-order valence-corrected chi connectivity index (χ0v) is 15.4. The van der Waals surface area contributed by atoms with E-state index in [1.165, 1.54) is 4.68 Å². The summed E-state index contributed by atoms with van der Waals surface area (Å²) in [5.41, 5.74) is -5.13. The molecule has 0 spiro atoms. The van der Waals surface area contributed by atoms with Crippen molar-refractivity contribution >= 4 is 5.97 Å². The topological polar surface area (TPSA) is 64.3 Å². The van der Waals surface area contributed by atoms with E-state index in [-0.39, 0.29) is 25.1 Å². The fourth-order valence-electron chi connectivity index (χ4n) is 2.75. The van der Waals surface area contributed by atoms with Crippen molar-refractivity contribution in [3.05, 3.63) is 47.3 Å². The smallest absolute Gasteiger partial charge is 0.430 e. The van der Waals surface area contributed by atoms with Crippen LogP contribution in [0.3, 0.4) is 0 Å². The predicted octanol–water partition coefficient (Wildman–Crippen LogP) is 3.99. The number of nitrogens with zero attached hydrogens (tertiary/aromatic N) is 2. The maximum Gasteiger partial charge on any atom is 0.430 e. The number of halogens is 6. The van der Waals surface area contributed by atoms with Gasteiger partial charge in [0.15, 0.2) is 0 Å². The Kier molecular flexibility index (Phi) is 6.31. The molecule has 29 heavy (non-hydrogen) atoms. The standard InChI is InChI=1S/C18H18F6N2O3/c1-3-29-15(27)9-8-14-10-11(2)25-26(14)13-6-4-12(5-7-13)16(28,17(19,20)21)18(22,23)24/h4-7,10,28H,3,8-9H2,1-2H3. The summed E-state index contributed by atoms with van der Waals surface area (Å²) in [6.07, 6.45) is -11.7. The van der Waals surface area contributed by atoms with Gasteiger partial charge in [-0.25, -0.2) is 4.68 Å². The second kappa shape index (κ2) is 8.05. The summed E-state index contributed by atoms with van der Waals surface area (Å²) >= 11 is 0. The molecule has 0 radical (unpaired) electrons. The van der Waals surface area contributed by atoms with Crippen molar-refractivity contribution in [2.45, 2.75) is 44.6 Å². The molecule has 1 N–H and O–H groups in total. The molecule has 0 unspecified atom stereocenters. The van der Waals surface area contributed by atoms with E-state index in [0.29, 0.717) is 23.5 Å². The van der Waals surface area contributed by atoms with Crippen molar-refractivity contribution in [2.24, 2.45) is 0 Å². The lowest BCUT2D eigenvalue weighted by Gasteiger charge is -2.32. The maximum absolute atomic E-state index is 13.0. The number of esters is 1. The van der Waals surface area contributed by atoms with Crippen LogP contribution >= 0.6 is 0 Å². The Balaban J connectivity index is 2.37. The maximum atomic E-state index is 13.0. The number of hydrogen-bond donors (Lipinski definition) is 1. The number of aliphatic hydroxyl groups is 1. The lowest BCUT2D eigenvalue weighted by molar-refractivity contribution is -0.376. The SMILES string of the molecule is CCOC(=O)CCc1cc(C)nn1-c1ccc(C(O)(C(F)(F)F)C(F)(F)F)cc1. The van der Waals surface area contributed by atoms with Gasteiger partial charge in [-0.3, -0.25) is 4.79 Å². The highest BCUT2D eigenvalue weighted by atomic mass is 19.4. The molecule has 160 valence electrons. The quantitative estimate of drug-likeness (QED) is 0.563. The van der Waals surface area contributed by atoms with Crippen molar-refractivity contribution in [2.75, 3.05) is 6.61 Å². The Bertz CT molecular complexity index is 842. The third-order valence-electron chi connectivity index (χ3n) is 4.15. The highest BCUT2D eigenvalue weighted by molar-refractivity contribution is 5.69. The first-order valence-electron chi connectivity index (χ1n) is 8.49. The molecule has 0 bridgehead atoms. The Morgan fingerprint density at radius 3 is 2.14 bits per heavy atom. The number of hydrogen-bond acceptors (Lipinski definition) is 4. The largest absolute Gasteiger partial charge is 0.466 e. The summed E-state index contributed by atoms with van der Waals surface area (Å²) in [6.45, 7) is 3.50. The Morgan fingerprint density at radius 1 is 1.10 bits per heavy atom. The van der Waals surface area contributed by atoms with E-state index < -0.39 is 29.5 Å². The van der Waals surface area contributed by atoms with Crippen LogP contribution in [-0.4, -0.2) is 39.8 Å². The summed E-state index contributed by atoms with van der Waals surface area (Å²) in [5, 5.41) is 13.6. The second-order valence-electron chi connectivity index (χ2n) is 6.25. The molecule has 0 amide bonds. The number of aromatic nitrogens is 2. The van der Waals surface area contributed by atoms with Gasteiger partial charge in [0.25, 0.3) is 5.60 Å². The summed E-state index contributed by atoms with van der Waals surface area (Å²) in [7, 11) is 0. The number of alkyl halides is 6. The van der Waals surface area contributed by atoms with Gasteiger partial charge in [0, 0.05) is 17.7 Å². The molecule has 11 heteroatoms. The van der Waals surface area contributed by atoms with Gasteiger partial charge in [-0.1, -0.05) is 12.1 Å². The summed E-state index contributed by atoms with van der Waals surface area (Å²) < 4.78 is 84.0. The van der Waals surface area contributed by atoms with Gasteiger partial charge in [0.05, 0.1) is 24.4 Å². The zero-order chi connectivity index (χ0) is 22.0. The van der Waals surface area contributed by atoms with E-state index in [0.717, 1.165) is 12.1 Å². The van der Waals surface area contributed by atoms with E-state index in [1.54, 1.807) is 19.9 Å². The van der Waals surface area contributed by atoms with Crippen molar-refractivity contribution in [1.82, 2.24) is 9.78 Å². The minimum absolute atomic E-state index is 0.0267. The highest BCUT2D eigenvalue weighted by Gasteiger charge is 2.71. The van der Waals surface area contributed by atoms with E-state index in [4.69, 9.17) is 4.74 Å². The van der Waals surface area contributed by atoms with Crippen LogP contribution in [0.15, 0.2) is 30.3 Å². The van der Waals surface area contributed by atoms with Gasteiger partial charge in [-0.05, 0) is 32.0 Å². The fraction of sp³-hybridized carbons (Fsp3) is 0.444. The van der Waals surface area contributed by atoms with Crippen LogP contribution in [0.2, 0.25) is 0 Å². The van der Waals surface area contributed by atoms with Crippen molar-refractivity contribution in [3.8, 4) is 5.69 Å². The first kappa shape index (κ1) is 22.7. The zero-order valence-electron chi connectivity index (χ0n) is 15.4. The minimum atomic E-state index is -5.96. The molecule has 0 aliphatic carbocycles. The average molecular weight is 424 g/mol. The molecular formula is C18H18F6N2O3. The van der Waals surface area contributed by atoms with Crippen LogP contribution in [-0.2, 0) is 21.6 Å². The Hall–Kier alpha value is -2.56. The molecule has 2 rings (SSSR count). The van der Waals surface area contributed by atoms with Crippen LogP contribution in [0, 0.1) is 6.92 Å². The fourth-order valence-corrected chi connectivity index (χ4v) is 2.75. The number of rotatable bonds is 6. The molecule has 2 aromatic rings. The van der Waals surface area contributed by atoms with Gasteiger partial charge in [-0.2, -0.15) is 31.4 Å². The Morgan fingerprint density at radius 2 is 1.66 bits per heavy atom. The first-order chi connectivity index (χ1) is 13.3. The second-order valence-corrected chi connectivity index (χ2v) is 6.25. The molecule has 0 atom stereocenters. The van der Waals surface area contributed by atoms with E-state index in [9.17, 15) is 36.2 Å². The van der Waals surface area contributed by atoms with Crippen LogP contribution in [0.25, 0.3) is 5.69 Å². The molecule has 1 heterocycles. The lowest BCUT2D eigenvalue weighted by atomic mass is 9.92. The summed E-state index contributed by atoms with van der Waals surface area (Å²) in [6, 6.07) is 4.69. The lowest BCUT2D eigenvalue weighted by Crippen LogP contribution is -2.53. The van der Waals surface area contributed by atoms with Crippen LogP contribution in [0.4, 0.5) is 26.3 Å². The van der Waals surface area contributed by atoms with Gasteiger partial charge >= 0.3 is 18.3 Å². The number of benzene rings is 1. The van der Waals surface area contributed by atoms with Crippen LogP contribution in [0.5, 0.6) is 0 Å².